The van der Waals surface area contributed by atoms with Gasteiger partial charge in [-0.25, -0.2) is 0 Å². The van der Waals surface area contributed by atoms with Crippen LogP contribution < -0.4 is 10.6 Å². The number of rotatable bonds is 7. The van der Waals surface area contributed by atoms with Crippen molar-refractivity contribution in [1.82, 2.24) is 15.1 Å². The van der Waals surface area contributed by atoms with E-state index in [0.717, 1.165) is 5.56 Å². The molecule has 0 spiro atoms. The van der Waals surface area contributed by atoms with Crippen LogP contribution in [0.3, 0.4) is 0 Å². The van der Waals surface area contributed by atoms with E-state index in [2.05, 4.69) is 15.7 Å². The molecule has 1 heterocycles. The quantitative estimate of drug-likeness (QED) is 0.606. The Labute approximate surface area is 140 Å². The zero-order chi connectivity index (χ0) is 17.2. The summed E-state index contributed by atoms with van der Waals surface area (Å²) in [5.74, 6) is -0.324. The van der Waals surface area contributed by atoms with E-state index >= 15 is 0 Å². The van der Waals surface area contributed by atoms with Crippen LogP contribution in [0.15, 0.2) is 67.0 Å². The summed E-state index contributed by atoms with van der Waals surface area (Å²) < 4.78 is 1.55. The summed E-state index contributed by atoms with van der Waals surface area (Å²) in [5.41, 5.74) is 1.59. The molecule has 24 heavy (non-hydrogen) atoms. The van der Waals surface area contributed by atoms with Crippen molar-refractivity contribution in [1.29, 1.82) is 0 Å². The van der Waals surface area contributed by atoms with Crippen LogP contribution in [0.4, 0.5) is 5.69 Å². The van der Waals surface area contributed by atoms with Gasteiger partial charge in [-0.1, -0.05) is 30.4 Å². The largest absolute Gasteiger partial charge is 0.348 e. The van der Waals surface area contributed by atoms with Crippen LogP contribution in [0.25, 0.3) is 0 Å². The standard InChI is InChI=1S/C18H20N4O2/c1-2-3-4-9-17(23)19-13-15-7-5-8-16(12-15)21-18(24)14-22-11-6-10-20-22/h2-12H,13-14H2,1H3,(H,19,23)(H,21,24). The number of nitrogens with zero attached hydrogens (tertiary/aromatic N) is 2. The van der Waals surface area contributed by atoms with Crippen molar-refractivity contribution in [2.75, 3.05) is 5.32 Å². The van der Waals surface area contributed by atoms with E-state index < -0.39 is 0 Å². The first-order chi connectivity index (χ1) is 11.7. The lowest BCUT2D eigenvalue weighted by Gasteiger charge is -2.08. The molecule has 2 amide bonds. The van der Waals surface area contributed by atoms with Crippen molar-refractivity contribution in [2.45, 2.75) is 20.0 Å². The number of anilines is 1. The minimum absolute atomic E-state index is 0.156. The average Bonchev–Trinajstić information content (AvgIpc) is 3.06. The molecule has 0 aliphatic heterocycles. The molecular formula is C18H20N4O2. The van der Waals surface area contributed by atoms with Crippen LogP contribution >= 0.6 is 0 Å². The van der Waals surface area contributed by atoms with Gasteiger partial charge < -0.3 is 10.6 Å². The van der Waals surface area contributed by atoms with Crippen molar-refractivity contribution in [3.05, 3.63) is 72.6 Å². The molecule has 0 aliphatic carbocycles. The van der Waals surface area contributed by atoms with Gasteiger partial charge in [-0.05, 0) is 30.7 Å². The second kappa shape index (κ2) is 9.09. The van der Waals surface area contributed by atoms with E-state index in [0.29, 0.717) is 12.2 Å². The molecule has 0 radical (unpaired) electrons. The SMILES string of the molecule is CC=CC=CC(=O)NCc1cccc(NC(=O)Cn2cccn2)c1. The Hall–Kier alpha value is -3.15. The predicted octanol–water partition coefficient (Wildman–Crippen LogP) is 2.27. The molecule has 2 aromatic rings. The molecule has 2 N–H and O–H groups in total. The summed E-state index contributed by atoms with van der Waals surface area (Å²) >= 11 is 0. The van der Waals surface area contributed by atoms with Gasteiger partial charge in [0, 0.05) is 30.7 Å². The van der Waals surface area contributed by atoms with Crippen LogP contribution in [0, 0.1) is 0 Å². The second-order valence-electron chi connectivity index (χ2n) is 5.05. The molecule has 0 fully saturated rings. The molecule has 2 rings (SSSR count). The van der Waals surface area contributed by atoms with Gasteiger partial charge in [-0.15, -0.1) is 0 Å². The first-order valence-corrected chi connectivity index (χ1v) is 7.61. The van der Waals surface area contributed by atoms with Gasteiger partial charge in [0.05, 0.1) is 0 Å². The highest BCUT2D eigenvalue weighted by atomic mass is 16.2. The van der Waals surface area contributed by atoms with Crippen molar-refractivity contribution >= 4 is 17.5 Å². The maximum Gasteiger partial charge on any atom is 0.246 e. The van der Waals surface area contributed by atoms with Crippen molar-refractivity contribution in [3.63, 3.8) is 0 Å². The third kappa shape index (κ3) is 5.92. The van der Waals surface area contributed by atoms with E-state index in [1.54, 1.807) is 41.4 Å². The molecule has 1 aromatic heterocycles. The van der Waals surface area contributed by atoms with Gasteiger partial charge in [0.15, 0.2) is 0 Å². The smallest absolute Gasteiger partial charge is 0.246 e. The zero-order valence-corrected chi connectivity index (χ0v) is 13.5. The van der Waals surface area contributed by atoms with Crippen LogP contribution in [0.5, 0.6) is 0 Å². The molecule has 124 valence electrons. The predicted molar refractivity (Wildman–Crippen MR) is 93.1 cm³/mol. The number of benzene rings is 1. The fraction of sp³-hybridized carbons (Fsp3) is 0.167. The molecule has 0 bridgehead atoms. The fourth-order valence-corrected chi connectivity index (χ4v) is 2.00. The van der Waals surface area contributed by atoms with Crippen LogP contribution in [-0.2, 0) is 22.7 Å². The van der Waals surface area contributed by atoms with Crippen molar-refractivity contribution in [3.8, 4) is 0 Å². The molecule has 0 unspecified atom stereocenters. The van der Waals surface area contributed by atoms with Gasteiger partial charge in [0.2, 0.25) is 11.8 Å². The Balaban J connectivity index is 1.86. The van der Waals surface area contributed by atoms with Gasteiger partial charge >= 0.3 is 0 Å². The summed E-state index contributed by atoms with van der Waals surface area (Å²) in [6, 6.07) is 9.12. The maximum atomic E-state index is 11.9. The fourth-order valence-electron chi connectivity index (χ4n) is 2.00. The van der Waals surface area contributed by atoms with E-state index in [-0.39, 0.29) is 18.4 Å². The Bertz CT molecular complexity index is 733. The average molecular weight is 324 g/mol. The Morgan fingerprint density at radius 3 is 2.88 bits per heavy atom. The van der Waals surface area contributed by atoms with Gasteiger partial charge in [-0.3, -0.25) is 14.3 Å². The Morgan fingerprint density at radius 1 is 1.25 bits per heavy atom. The summed E-state index contributed by atoms with van der Waals surface area (Å²) in [6.45, 7) is 2.43. The minimum atomic E-state index is -0.166. The zero-order valence-electron chi connectivity index (χ0n) is 13.5. The summed E-state index contributed by atoms with van der Waals surface area (Å²) in [7, 11) is 0. The van der Waals surface area contributed by atoms with Gasteiger partial charge in [0.25, 0.3) is 0 Å². The second-order valence-corrected chi connectivity index (χ2v) is 5.05. The first-order valence-electron chi connectivity index (χ1n) is 7.61. The lowest BCUT2D eigenvalue weighted by atomic mass is 10.2. The highest BCUT2D eigenvalue weighted by Crippen LogP contribution is 2.10. The summed E-state index contributed by atoms with van der Waals surface area (Å²) in [6.07, 6.45) is 10.1. The highest BCUT2D eigenvalue weighted by molar-refractivity contribution is 5.90. The van der Waals surface area contributed by atoms with Crippen LogP contribution in [0.1, 0.15) is 12.5 Å². The molecule has 6 heteroatoms. The van der Waals surface area contributed by atoms with Crippen LogP contribution in [-0.4, -0.2) is 21.6 Å². The number of hydrogen-bond acceptors (Lipinski definition) is 3. The Morgan fingerprint density at radius 2 is 2.12 bits per heavy atom. The van der Waals surface area contributed by atoms with E-state index in [1.165, 1.54) is 6.08 Å². The topological polar surface area (TPSA) is 76.0 Å². The van der Waals surface area contributed by atoms with Gasteiger partial charge in [-0.2, -0.15) is 5.10 Å². The van der Waals surface area contributed by atoms with Crippen molar-refractivity contribution < 1.29 is 9.59 Å². The van der Waals surface area contributed by atoms with Crippen LogP contribution in [0.2, 0.25) is 0 Å². The number of carbonyl (C=O) groups is 2. The number of hydrogen-bond donors (Lipinski definition) is 2. The normalized spacial score (nSPS) is 11.0. The number of amides is 2. The Kier molecular flexibility index (Phi) is 6.52. The third-order valence-electron chi connectivity index (χ3n) is 3.09. The number of nitrogens with one attached hydrogen (secondary N) is 2. The molecule has 0 saturated heterocycles. The number of carbonyl (C=O) groups excluding carboxylic acids is 2. The van der Waals surface area contributed by atoms with Gasteiger partial charge in [0.1, 0.15) is 6.54 Å². The summed E-state index contributed by atoms with van der Waals surface area (Å²) in [5, 5.41) is 9.59. The lowest BCUT2D eigenvalue weighted by Crippen LogP contribution is -2.21. The van der Waals surface area contributed by atoms with E-state index in [4.69, 9.17) is 0 Å². The van der Waals surface area contributed by atoms with Crippen molar-refractivity contribution in [2.24, 2.45) is 0 Å². The molecular weight excluding hydrogens is 304 g/mol. The molecule has 0 aliphatic rings. The third-order valence-corrected chi connectivity index (χ3v) is 3.09. The van der Waals surface area contributed by atoms with E-state index in [9.17, 15) is 9.59 Å². The highest BCUT2D eigenvalue weighted by Gasteiger charge is 2.04. The lowest BCUT2D eigenvalue weighted by molar-refractivity contribution is -0.117. The summed E-state index contributed by atoms with van der Waals surface area (Å²) in [4.78, 5) is 23.6. The minimum Gasteiger partial charge on any atom is -0.348 e. The monoisotopic (exact) mass is 324 g/mol. The number of aromatic nitrogens is 2. The molecule has 0 atom stereocenters. The molecule has 6 nitrogen and oxygen atoms in total. The van der Waals surface area contributed by atoms with E-state index in [1.807, 2.05) is 31.2 Å². The first kappa shape index (κ1) is 17.2. The molecule has 0 saturated carbocycles. The maximum absolute atomic E-state index is 11.9. The molecule has 1 aromatic carbocycles. The number of allylic oxidation sites excluding steroid dienone is 3.